The quantitative estimate of drug-likeness (QED) is 0.447. The summed E-state index contributed by atoms with van der Waals surface area (Å²) in [6, 6.07) is 32.1. The predicted molar refractivity (Wildman–Crippen MR) is 130 cm³/mol. The Morgan fingerprint density at radius 2 is 1.38 bits per heavy atom. The Bertz CT molecular complexity index is 890. The largest absolute Gasteiger partial charge is 0.381 e. The van der Waals surface area contributed by atoms with Gasteiger partial charge in [-0.1, -0.05) is 78.9 Å². The summed E-state index contributed by atoms with van der Waals surface area (Å²) in [5, 5.41) is 3.76. The van der Waals surface area contributed by atoms with E-state index in [2.05, 4.69) is 95.1 Å². The lowest BCUT2D eigenvalue weighted by atomic mass is 10.1. The van der Waals surface area contributed by atoms with Gasteiger partial charge < -0.3 is 14.8 Å². The zero-order valence-corrected chi connectivity index (χ0v) is 19.1. The maximum Gasteiger partial charge on any atom is 0.163 e. The molecule has 0 radical (unpaired) electrons. The SMILES string of the molecule is CC1(C)OC[C@@H](C[C@@H](CN(Cc2ccccc2)Cc2ccccc2)Nc2ccccc2)O1. The summed E-state index contributed by atoms with van der Waals surface area (Å²) in [5.41, 5.74) is 3.78. The highest BCUT2D eigenvalue weighted by Crippen LogP contribution is 2.26. The molecule has 3 aromatic rings. The molecule has 1 fully saturated rings. The van der Waals surface area contributed by atoms with Crippen LogP contribution in [0.25, 0.3) is 0 Å². The highest BCUT2D eigenvalue weighted by Gasteiger charge is 2.34. The minimum atomic E-state index is -0.504. The normalized spacial score (nSPS) is 18.5. The topological polar surface area (TPSA) is 33.7 Å². The Morgan fingerprint density at radius 3 is 1.88 bits per heavy atom. The predicted octanol–water partition coefficient (Wildman–Crippen LogP) is 5.71. The highest BCUT2D eigenvalue weighted by atomic mass is 16.7. The number of hydrogen-bond acceptors (Lipinski definition) is 4. The highest BCUT2D eigenvalue weighted by molar-refractivity contribution is 5.43. The number of para-hydroxylation sites is 1. The average molecular weight is 431 g/mol. The average Bonchev–Trinajstić information content (AvgIpc) is 3.14. The minimum absolute atomic E-state index is 0.0847. The first kappa shape index (κ1) is 22.5. The molecule has 0 spiro atoms. The van der Waals surface area contributed by atoms with Gasteiger partial charge >= 0.3 is 0 Å². The van der Waals surface area contributed by atoms with Gasteiger partial charge in [0.2, 0.25) is 0 Å². The number of rotatable bonds is 10. The monoisotopic (exact) mass is 430 g/mol. The maximum atomic E-state index is 6.15. The van der Waals surface area contributed by atoms with Crippen molar-refractivity contribution in [2.45, 2.75) is 51.3 Å². The van der Waals surface area contributed by atoms with E-state index in [1.54, 1.807) is 0 Å². The molecular weight excluding hydrogens is 396 g/mol. The maximum absolute atomic E-state index is 6.15. The van der Waals surface area contributed by atoms with Crippen molar-refractivity contribution < 1.29 is 9.47 Å². The number of ether oxygens (including phenoxy) is 2. The van der Waals surface area contributed by atoms with Gasteiger partial charge in [-0.3, -0.25) is 4.90 Å². The van der Waals surface area contributed by atoms with Crippen LogP contribution in [0.15, 0.2) is 91.0 Å². The van der Waals surface area contributed by atoms with E-state index in [9.17, 15) is 0 Å². The van der Waals surface area contributed by atoms with Crippen LogP contribution in [0.4, 0.5) is 5.69 Å². The number of anilines is 1. The summed E-state index contributed by atoms with van der Waals surface area (Å²) in [5.74, 6) is -0.504. The van der Waals surface area contributed by atoms with E-state index in [1.165, 1.54) is 11.1 Å². The van der Waals surface area contributed by atoms with Crippen molar-refractivity contribution in [3.8, 4) is 0 Å². The summed E-state index contributed by atoms with van der Waals surface area (Å²) in [4.78, 5) is 2.52. The van der Waals surface area contributed by atoms with Gasteiger partial charge in [0, 0.05) is 31.4 Å². The van der Waals surface area contributed by atoms with Crippen LogP contribution in [-0.2, 0) is 22.6 Å². The Labute approximate surface area is 192 Å². The second-order valence-corrected chi connectivity index (χ2v) is 9.03. The molecule has 4 heteroatoms. The molecule has 2 atom stereocenters. The molecule has 1 N–H and O–H groups in total. The Morgan fingerprint density at radius 1 is 0.844 bits per heavy atom. The van der Waals surface area contributed by atoms with Crippen molar-refractivity contribution in [3.05, 3.63) is 102 Å². The lowest BCUT2D eigenvalue weighted by molar-refractivity contribution is -0.139. The molecule has 4 nitrogen and oxygen atoms in total. The van der Waals surface area contributed by atoms with Gasteiger partial charge in [0.25, 0.3) is 0 Å². The summed E-state index contributed by atoms with van der Waals surface area (Å²) >= 11 is 0. The second kappa shape index (κ2) is 10.8. The smallest absolute Gasteiger partial charge is 0.163 e. The van der Waals surface area contributed by atoms with Crippen LogP contribution < -0.4 is 5.32 Å². The number of nitrogens with zero attached hydrogens (tertiary/aromatic N) is 1. The van der Waals surface area contributed by atoms with E-state index < -0.39 is 5.79 Å². The molecule has 3 aromatic carbocycles. The third-order valence-electron chi connectivity index (χ3n) is 5.74. The van der Waals surface area contributed by atoms with Crippen molar-refractivity contribution in [2.75, 3.05) is 18.5 Å². The third-order valence-corrected chi connectivity index (χ3v) is 5.74. The van der Waals surface area contributed by atoms with Crippen molar-refractivity contribution in [2.24, 2.45) is 0 Å². The number of benzene rings is 3. The van der Waals surface area contributed by atoms with Gasteiger partial charge in [-0.25, -0.2) is 0 Å². The first-order valence-corrected chi connectivity index (χ1v) is 11.5. The Kier molecular flexibility index (Phi) is 7.59. The van der Waals surface area contributed by atoms with Crippen LogP contribution >= 0.6 is 0 Å². The molecule has 0 saturated carbocycles. The molecule has 0 aromatic heterocycles. The summed E-state index contributed by atoms with van der Waals surface area (Å²) in [6.07, 6.45) is 0.972. The number of nitrogens with one attached hydrogen (secondary N) is 1. The molecule has 1 aliphatic heterocycles. The van der Waals surface area contributed by atoms with E-state index in [0.717, 1.165) is 31.7 Å². The van der Waals surface area contributed by atoms with E-state index in [-0.39, 0.29) is 12.1 Å². The zero-order valence-electron chi connectivity index (χ0n) is 19.1. The van der Waals surface area contributed by atoms with E-state index >= 15 is 0 Å². The van der Waals surface area contributed by atoms with Crippen LogP contribution in [0.1, 0.15) is 31.4 Å². The van der Waals surface area contributed by atoms with Crippen LogP contribution in [0, 0.1) is 0 Å². The van der Waals surface area contributed by atoms with Crippen LogP contribution in [0.2, 0.25) is 0 Å². The molecule has 1 heterocycles. The molecular formula is C28H34N2O2. The van der Waals surface area contributed by atoms with Crippen LogP contribution in [-0.4, -0.2) is 36.0 Å². The van der Waals surface area contributed by atoms with Gasteiger partial charge in [0.15, 0.2) is 5.79 Å². The molecule has 1 aliphatic rings. The summed E-state index contributed by atoms with van der Waals surface area (Å²) in [6.45, 7) is 7.32. The van der Waals surface area contributed by atoms with Gasteiger partial charge in [0.05, 0.1) is 12.7 Å². The molecule has 1 saturated heterocycles. The molecule has 32 heavy (non-hydrogen) atoms. The Balaban J connectivity index is 1.51. The summed E-state index contributed by atoms with van der Waals surface area (Å²) < 4.78 is 12.0. The summed E-state index contributed by atoms with van der Waals surface area (Å²) in [7, 11) is 0. The van der Waals surface area contributed by atoms with Gasteiger partial charge in [0.1, 0.15) is 0 Å². The fourth-order valence-electron chi connectivity index (χ4n) is 4.33. The first-order valence-electron chi connectivity index (χ1n) is 11.5. The first-order chi connectivity index (χ1) is 15.6. The number of hydrogen-bond donors (Lipinski definition) is 1. The van der Waals surface area contributed by atoms with Crippen molar-refractivity contribution in [1.82, 2.24) is 4.90 Å². The third kappa shape index (κ3) is 6.92. The standard InChI is InChI=1S/C28H34N2O2/c1-28(2)31-22-27(32-28)18-26(29-25-16-10-5-11-17-25)21-30(19-23-12-6-3-7-13-23)20-24-14-8-4-9-15-24/h3-17,26-27,29H,18-22H2,1-2H3/t26-,27+/m0/s1. The van der Waals surface area contributed by atoms with E-state index in [0.29, 0.717) is 6.61 Å². The second-order valence-electron chi connectivity index (χ2n) is 9.03. The van der Waals surface area contributed by atoms with Crippen molar-refractivity contribution >= 4 is 5.69 Å². The molecule has 0 bridgehead atoms. The lowest BCUT2D eigenvalue weighted by Crippen LogP contribution is -2.39. The molecule has 168 valence electrons. The van der Waals surface area contributed by atoms with E-state index in [1.807, 2.05) is 19.9 Å². The molecule has 0 unspecified atom stereocenters. The fourth-order valence-corrected chi connectivity index (χ4v) is 4.33. The van der Waals surface area contributed by atoms with Gasteiger partial charge in [-0.05, 0) is 43.5 Å². The van der Waals surface area contributed by atoms with Gasteiger partial charge in [-0.15, -0.1) is 0 Å². The molecule has 4 rings (SSSR count). The van der Waals surface area contributed by atoms with Crippen LogP contribution in [0.5, 0.6) is 0 Å². The van der Waals surface area contributed by atoms with Gasteiger partial charge in [-0.2, -0.15) is 0 Å². The molecule has 0 amide bonds. The van der Waals surface area contributed by atoms with E-state index in [4.69, 9.17) is 9.47 Å². The fraction of sp³-hybridized carbons (Fsp3) is 0.357. The Hall–Kier alpha value is -2.66. The molecule has 0 aliphatic carbocycles. The minimum Gasteiger partial charge on any atom is -0.381 e. The zero-order chi connectivity index (χ0) is 22.2. The van der Waals surface area contributed by atoms with Crippen molar-refractivity contribution in [1.29, 1.82) is 0 Å². The lowest BCUT2D eigenvalue weighted by Gasteiger charge is -2.30. The van der Waals surface area contributed by atoms with Crippen LogP contribution in [0.3, 0.4) is 0 Å². The van der Waals surface area contributed by atoms with Crippen molar-refractivity contribution in [3.63, 3.8) is 0 Å².